The van der Waals surface area contributed by atoms with Crippen LogP contribution in [-0.4, -0.2) is 42.5 Å². The summed E-state index contributed by atoms with van der Waals surface area (Å²) in [5.41, 5.74) is 1.95. The minimum atomic E-state index is -0.762. The molecule has 1 heterocycles. The highest BCUT2D eigenvalue weighted by Gasteiger charge is 2.46. The number of carbonyl (C=O) groups excluding carboxylic acids is 2. The smallest absolute Gasteiger partial charge is 0.295 e. The number of halogens is 2. The molecule has 35 heavy (non-hydrogen) atoms. The van der Waals surface area contributed by atoms with Crippen LogP contribution in [0.1, 0.15) is 68.7 Å². The van der Waals surface area contributed by atoms with Crippen molar-refractivity contribution < 1.29 is 24.2 Å². The van der Waals surface area contributed by atoms with Gasteiger partial charge >= 0.3 is 0 Å². The molecular weight excluding hydrogens is 489 g/mol. The lowest BCUT2D eigenvalue weighted by Crippen LogP contribution is -2.30. The maximum Gasteiger partial charge on any atom is 0.295 e. The van der Waals surface area contributed by atoms with Gasteiger partial charge in [0.2, 0.25) is 0 Å². The number of hydrogen-bond acceptors (Lipinski definition) is 5. The van der Waals surface area contributed by atoms with E-state index < -0.39 is 23.5 Å². The molecule has 6 nitrogen and oxygen atoms in total. The molecule has 1 saturated heterocycles. The third kappa shape index (κ3) is 5.14. The van der Waals surface area contributed by atoms with Crippen LogP contribution in [0.4, 0.5) is 0 Å². The molecule has 0 radical (unpaired) electrons. The predicted molar refractivity (Wildman–Crippen MR) is 139 cm³/mol. The van der Waals surface area contributed by atoms with Gasteiger partial charge in [0.25, 0.3) is 11.7 Å². The van der Waals surface area contributed by atoms with Crippen LogP contribution in [0.5, 0.6) is 11.5 Å². The number of hydrogen-bond donors (Lipinski definition) is 1. The van der Waals surface area contributed by atoms with Crippen molar-refractivity contribution >= 4 is 40.7 Å². The highest BCUT2D eigenvalue weighted by molar-refractivity contribution is 6.47. The lowest BCUT2D eigenvalue weighted by atomic mass is 9.93. The van der Waals surface area contributed by atoms with E-state index >= 15 is 0 Å². The summed E-state index contributed by atoms with van der Waals surface area (Å²) in [5.74, 6) is -1.21. The number of ether oxygens (including phenoxy) is 2. The van der Waals surface area contributed by atoms with Crippen molar-refractivity contribution in [2.45, 2.75) is 52.0 Å². The number of ketones is 1. The van der Waals surface area contributed by atoms with Gasteiger partial charge in [0.05, 0.1) is 36.4 Å². The van der Waals surface area contributed by atoms with E-state index in [1.807, 2.05) is 24.3 Å². The van der Waals surface area contributed by atoms with Gasteiger partial charge < -0.3 is 19.5 Å². The van der Waals surface area contributed by atoms with Crippen LogP contribution in [0.2, 0.25) is 10.0 Å². The maximum absolute atomic E-state index is 13.3. The minimum Gasteiger partial charge on any atom is -0.507 e. The van der Waals surface area contributed by atoms with Crippen molar-refractivity contribution in [1.29, 1.82) is 0 Å². The number of methoxy groups -OCH3 is 2. The van der Waals surface area contributed by atoms with Crippen molar-refractivity contribution in [3.63, 3.8) is 0 Å². The Morgan fingerprint density at radius 1 is 1.06 bits per heavy atom. The second-order valence-electron chi connectivity index (χ2n) is 8.81. The van der Waals surface area contributed by atoms with Crippen LogP contribution >= 0.6 is 23.2 Å². The summed E-state index contributed by atoms with van der Waals surface area (Å²) in [4.78, 5) is 27.9. The van der Waals surface area contributed by atoms with E-state index in [0.717, 1.165) is 30.4 Å². The van der Waals surface area contributed by atoms with E-state index in [1.165, 1.54) is 25.2 Å². The Morgan fingerprint density at radius 2 is 1.69 bits per heavy atom. The quantitative estimate of drug-likeness (QED) is 0.171. The van der Waals surface area contributed by atoms with Gasteiger partial charge in [-0.15, -0.1) is 0 Å². The molecule has 0 aromatic heterocycles. The summed E-state index contributed by atoms with van der Waals surface area (Å²) in [6, 6.07) is 8.43. The second kappa shape index (κ2) is 11.4. The number of rotatable bonds is 9. The summed E-state index contributed by atoms with van der Waals surface area (Å²) in [7, 11) is 2.80. The van der Waals surface area contributed by atoms with Crippen LogP contribution in [0.3, 0.4) is 0 Å². The number of aliphatic hydroxyl groups excluding tert-OH is 1. The fraction of sp³-hybridized carbons (Fsp3) is 0.407. The SMILES string of the molecule is CCCCCN1C(=O)C(=O)/C(=C(/O)c2cc(Cl)c(OC)c(Cl)c2OC)C1c1ccc(C(C)C)cc1. The summed E-state index contributed by atoms with van der Waals surface area (Å²) < 4.78 is 10.7. The number of Topliss-reactive ketones (excluding diaryl/α,β-unsaturated/α-hetero) is 1. The number of amides is 1. The fourth-order valence-electron chi connectivity index (χ4n) is 4.34. The Morgan fingerprint density at radius 3 is 2.23 bits per heavy atom. The molecule has 1 unspecified atom stereocenters. The van der Waals surface area contributed by atoms with E-state index in [0.29, 0.717) is 12.5 Å². The molecule has 1 N–H and O–H groups in total. The first kappa shape index (κ1) is 26.9. The molecule has 0 aliphatic carbocycles. The minimum absolute atomic E-state index is 0.0283. The zero-order valence-electron chi connectivity index (χ0n) is 20.7. The molecule has 2 aromatic rings. The average Bonchev–Trinajstić information content (AvgIpc) is 3.08. The second-order valence-corrected chi connectivity index (χ2v) is 9.59. The molecule has 3 rings (SSSR count). The molecule has 0 spiro atoms. The van der Waals surface area contributed by atoms with Crippen LogP contribution < -0.4 is 9.47 Å². The molecule has 188 valence electrons. The molecule has 0 saturated carbocycles. The van der Waals surface area contributed by atoms with Crippen molar-refractivity contribution in [2.24, 2.45) is 0 Å². The summed E-state index contributed by atoms with van der Waals surface area (Å²) >= 11 is 12.8. The van der Waals surface area contributed by atoms with E-state index in [9.17, 15) is 14.7 Å². The van der Waals surface area contributed by atoms with Crippen molar-refractivity contribution in [3.05, 3.63) is 62.6 Å². The van der Waals surface area contributed by atoms with Crippen molar-refractivity contribution in [1.82, 2.24) is 4.90 Å². The third-order valence-electron chi connectivity index (χ3n) is 6.26. The Hall–Kier alpha value is -2.70. The fourth-order valence-corrected chi connectivity index (χ4v) is 5.03. The van der Waals surface area contributed by atoms with Gasteiger partial charge in [-0.05, 0) is 29.5 Å². The van der Waals surface area contributed by atoms with Gasteiger partial charge in [0.15, 0.2) is 11.5 Å². The number of aliphatic hydroxyl groups is 1. The average molecular weight is 520 g/mol. The Bertz CT molecular complexity index is 1140. The first-order chi connectivity index (χ1) is 16.7. The highest BCUT2D eigenvalue weighted by atomic mass is 35.5. The normalized spacial score (nSPS) is 17.4. The van der Waals surface area contributed by atoms with Crippen molar-refractivity contribution in [2.75, 3.05) is 20.8 Å². The third-order valence-corrected chi connectivity index (χ3v) is 6.88. The molecule has 1 aliphatic heterocycles. The Balaban J connectivity index is 2.24. The zero-order valence-corrected chi connectivity index (χ0v) is 22.2. The first-order valence-electron chi connectivity index (χ1n) is 11.7. The molecule has 8 heteroatoms. The summed E-state index contributed by atoms with van der Waals surface area (Å²) in [6.07, 6.45) is 2.63. The topological polar surface area (TPSA) is 76.1 Å². The van der Waals surface area contributed by atoms with Crippen LogP contribution in [-0.2, 0) is 9.59 Å². The standard InChI is InChI=1S/C27H31Cl2NO5/c1-6-7-8-13-30-22(17-11-9-16(10-12-17)15(2)3)20(24(32)27(30)33)23(31)18-14-19(28)26(35-5)21(29)25(18)34-4/h9-12,14-15,22,31H,6-8,13H2,1-5H3/b23-20+. The van der Waals surface area contributed by atoms with Crippen LogP contribution in [0.15, 0.2) is 35.9 Å². The van der Waals surface area contributed by atoms with E-state index in [2.05, 4.69) is 20.8 Å². The lowest BCUT2D eigenvalue weighted by Gasteiger charge is -2.26. The van der Waals surface area contributed by atoms with Crippen LogP contribution in [0, 0.1) is 0 Å². The molecule has 0 bridgehead atoms. The molecule has 1 atom stereocenters. The van der Waals surface area contributed by atoms with Crippen LogP contribution in [0.25, 0.3) is 5.76 Å². The predicted octanol–water partition coefficient (Wildman–Crippen LogP) is 6.75. The lowest BCUT2D eigenvalue weighted by molar-refractivity contribution is -0.139. The number of benzene rings is 2. The van der Waals surface area contributed by atoms with Crippen molar-refractivity contribution in [3.8, 4) is 11.5 Å². The van der Waals surface area contributed by atoms with Gasteiger partial charge in [0.1, 0.15) is 10.8 Å². The number of unbranched alkanes of at least 4 members (excludes halogenated alkanes) is 2. The van der Waals surface area contributed by atoms with Gasteiger partial charge in [0, 0.05) is 6.54 Å². The monoisotopic (exact) mass is 519 g/mol. The zero-order chi connectivity index (χ0) is 25.9. The maximum atomic E-state index is 13.3. The van der Waals surface area contributed by atoms with Gasteiger partial charge in [-0.3, -0.25) is 9.59 Å². The number of carbonyl (C=O) groups is 2. The highest BCUT2D eigenvalue weighted by Crippen LogP contribution is 2.47. The molecule has 1 amide bonds. The van der Waals surface area contributed by atoms with E-state index in [1.54, 1.807) is 0 Å². The van der Waals surface area contributed by atoms with Gasteiger partial charge in [-0.2, -0.15) is 0 Å². The van der Waals surface area contributed by atoms with Gasteiger partial charge in [-0.1, -0.05) is 81.1 Å². The molecule has 1 aliphatic rings. The molecule has 2 aromatic carbocycles. The van der Waals surface area contributed by atoms with Gasteiger partial charge in [-0.25, -0.2) is 0 Å². The number of likely N-dealkylation sites (tertiary alicyclic amines) is 1. The molecule has 1 fully saturated rings. The van der Waals surface area contributed by atoms with E-state index in [-0.39, 0.29) is 32.7 Å². The summed E-state index contributed by atoms with van der Waals surface area (Å²) in [5, 5.41) is 11.6. The largest absolute Gasteiger partial charge is 0.507 e. The number of nitrogens with zero attached hydrogens (tertiary/aromatic N) is 1. The first-order valence-corrected chi connectivity index (χ1v) is 12.4. The Kier molecular flexibility index (Phi) is 8.73. The summed E-state index contributed by atoms with van der Waals surface area (Å²) in [6.45, 7) is 6.65. The molecular formula is C27H31Cl2NO5. The van der Waals surface area contributed by atoms with E-state index in [4.69, 9.17) is 32.7 Å². The Labute approximate surface area is 216 Å².